The van der Waals surface area contributed by atoms with E-state index in [0.717, 1.165) is 10.9 Å². The summed E-state index contributed by atoms with van der Waals surface area (Å²) in [6, 6.07) is 10.6. The van der Waals surface area contributed by atoms with E-state index in [0.29, 0.717) is 0 Å². The first kappa shape index (κ1) is 9.21. The van der Waals surface area contributed by atoms with E-state index in [1.165, 1.54) is 16.5 Å². The monoisotopic (exact) mass is 211 g/mol. The molecule has 0 radical (unpaired) electrons. The van der Waals surface area contributed by atoms with Gasteiger partial charge in [-0.2, -0.15) is 5.10 Å². The van der Waals surface area contributed by atoms with E-state index in [9.17, 15) is 0 Å². The summed E-state index contributed by atoms with van der Waals surface area (Å²) in [5.74, 6) is 0. The third-order valence-electron chi connectivity index (χ3n) is 2.92. The molecular weight excluding hydrogens is 198 g/mol. The lowest BCUT2D eigenvalue weighted by Gasteiger charge is -2.15. The van der Waals surface area contributed by atoms with Gasteiger partial charge in [0, 0.05) is 30.6 Å². The van der Waals surface area contributed by atoms with Gasteiger partial charge >= 0.3 is 0 Å². The molecule has 0 bridgehead atoms. The quantitative estimate of drug-likeness (QED) is 0.671. The number of nitrogens with zero attached hydrogens (tertiary/aromatic N) is 2. The highest BCUT2D eigenvalue weighted by molar-refractivity contribution is 6.11. The molecule has 1 N–H and O–H groups in total. The molecule has 3 rings (SSSR count). The Hall–Kier alpha value is -2.03. The van der Waals surface area contributed by atoms with Gasteiger partial charge < -0.3 is 4.90 Å². The van der Waals surface area contributed by atoms with Gasteiger partial charge in [-0.3, -0.25) is 5.10 Å². The molecule has 3 nitrogen and oxygen atoms in total. The number of H-pyrrole nitrogens is 1. The number of fused-ring (bicyclic) bond motifs is 3. The zero-order valence-corrected chi connectivity index (χ0v) is 9.36. The lowest BCUT2D eigenvalue weighted by Crippen LogP contribution is -2.08. The molecule has 1 aromatic heterocycles. The maximum absolute atomic E-state index is 4.11. The summed E-state index contributed by atoms with van der Waals surface area (Å²) in [5.41, 5.74) is 2.33. The highest BCUT2D eigenvalue weighted by Crippen LogP contribution is 2.31. The minimum atomic E-state index is 1.11. The van der Waals surface area contributed by atoms with Crippen molar-refractivity contribution in [1.82, 2.24) is 10.2 Å². The Labute approximate surface area is 93.7 Å². The zero-order valence-electron chi connectivity index (χ0n) is 9.36. The second kappa shape index (κ2) is 3.23. The van der Waals surface area contributed by atoms with Gasteiger partial charge in [-0.25, -0.2) is 0 Å². The van der Waals surface area contributed by atoms with Crippen LogP contribution < -0.4 is 4.90 Å². The van der Waals surface area contributed by atoms with E-state index < -0.39 is 0 Å². The minimum Gasteiger partial charge on any atom is -0.377 e. The van der Waals surface area contributed by atoms with E-state index >= 15 is 0 Å². The fraction of sp³-hybridized carbons (Fsp3) is 0.154. The summed E-state index contributed by atoms with van der Waals surface area (Å²) < 4.78 is 0. The van der Waals surface area contributed by atoms with Gasteiger partial charge in [0.25, 0.3) is 0 Å². The van der Waals surface area contributed by atoms with Crippen LogP contribution in [0.25, 0.3) is 21.7 Å². The third kappa shape index (κ3) is 1.18. The van der Waals surface area contributed by atoms with Gasteiger partial charge in [0.15, 0.2) is 0 Å². The summed E-state index contributed by atoms with van der Waals surface area (Å²) in [7, 11) is 4.12. The molecule has 0 aliphatic heterocycles. The smallest absolute Gasteiger partial charge is 0.0749 e. The third-order valence-corrected chi connectivity index (χ3v) is 2.92. The van der Waals surface area contributed by atoms with Crippen molar-refractivity contribution in [3.8, 4) is 0 Å². The van der Waals surface area contributed by atoms with Crippen LogP contribution in [0.15, 0.2) is 36.5 Å². The first-order chi connectivity index (χ1) is 7.77. The highest BCUT2D eigenvalue weighted by atomic mass is 15.1. The maximum Gasteiger partial charge on any atom is 0.0749 e. The molecule has 80 valence electrons. The highest BCUT2D eigenvalue weighted by Gasteiger charge is 2.07. The summed E-state index contributed by atoms with van der Waals surface area (Å²) in [6.07, 6.45) is 1.86. The van der Waals surface area contributed by atoms with Crippen molar-refractivity contribution < 1.29 is 0 Å². The number of aromatic nitrogens is 2. The van der Waals surface area contributed by atoms with Gasteiger partial charge in [0.2, 0.25) is 0 Å². The van der Waals surface area contributed by atoms with E-state index in [-0.39, 0.29) is 0 Å². The summed E-state index contributed by atoms with van der Waals surface area (Å²) in [5, 5.41) is 10.8. The van der Waals surface area contributed by atoms with Crippen LogP contribution in [0.4, 0.5) is 5.69 Å². The molecule has 0 amide bonds. The number of rotatable bonds is 1. The van der Waals surface area contributed by atoms with Crippen molar-refractivity contribution in [3.63, 3.8) is 0 Å². The molecular formula is C13H13N3. The first-order valence-electron chi connectivity index (χ1n) is 5.29. The van der Waals surface area contributed by atoms with E-state index in [2.05, 4.69) is 59.5 Å². The van der Waals surface area contributed by atoms with Crippen LogP contribution in [-0.2, 0) is 0 Å². The average molecular weight is 211 g/mol. The molecule has 3 heteroatoms. The molecule has 16 heavy (non-hydrogen) atoms. The van der Waals surface area contributed by atoms with Crippen LogP contribution >= 0.6 is 0 Å². The largest absolute Gasteiger partial charge is 0.377 e. The molecule has 0 saturated heterocycles. The Balaban J connectivity index is 2.54. The molecule has 1 heterocycles. The van der Waals surface area contributed by atoms with Crippen LogP contribution in [-0.4, -0.2) is 24.3 Å². The van der Waals surface area contributed by atoms with Crippen LogP contribution in [0.5, 0.6) is 0 Å². The van der Waals surface area contributed by atoms with Crippen molar-refractivity contribution in [1.29, 1.82) is 0 Å². The Kier molecular flexibility index (Phi) is 1.86. The molecule has 3 aromatic rings. The summed E-state index contributed by atoms with van der Waals surface area (Å²) in [4.78, 5) is 2.13. The SMILES string of the molecule is CN(C)c1cccc2ccc3cn[nH]c3c12. The number of hydrogen-bond acceptors (Lipinski definition) is 2. The average Bonchev–Trinajstić information content (AvgIpc) is 2.76. The second-order valence-electron chi connectivity index (χ2n) is 4.17. The summed E-state index contributed by atoms with van der Waals surface area (Å²) >= 11 is 0. The number of anilines is 1. The Bertz CT molecular complexity index is 652. The molecule has 0 saturated carbocycles. The van der Waals surface area contributed by atoms with Crippen molar-refractivity contribution in [2.24, 2.45) is 0 Å². The first-order valence-corrected chi connectivity index (χ1v) is 5.29. The Morgan fingerprint density at radius 1 is 1.06 bits per heavy atom. The van der Waals surface area contributed by atoms with E-state index in [1.807, 2.05) is 6.20 Å². The number of hydrogen-bond donors (Lipinski definition) is 1. The van der Waals surface area contributed by atoms with Crippen molar-refractivity contribution in [3.05, 3.63) is 36.5 Å². The lowest BCUT2D eigenvalue weighted by atomic mass is 10.1. The molecule has 0 fully saturated rings. The van der Waals surface area contributed by atoms with Gasteiger partial charge in [-0.15, -0.1) is 0 Å². The topological polar surface area (TPSA) is 31.9 Å². The normalized spacial score (nSPS) is 11.1. The fourth-order valence-electron chi connectivity index (χ4n) is 2.14. The Morgan fingerprint density at radius 2 is 1.88 bits per heavy atom. The van der Waals surface area contributed by atoms with E-state index in [4.69, 9.17) is 0 Å². The van der Waals surface area contributed by atoms with Crippen LogP contribution in [0.3, 0.4) is 0 Å². The number of benzene rings is 2. The van der Waals surface area contributed by atoms with Gasteiger partial charge in [-0.1, -0.05) is 24.3 Å². The fourth-order valence-corrected chi connectivity index (χ4v) is 2.14. The lowest BCUT2D eigenvalue weighted by molar-refractivity contribution is 1.12. The van der Waals surface area contributed by atoms with Crippen molar-refractivity contribution >= 4 is 27.4 Å². The standard InChI is InChI=1S/C13H13N3/c1-16(2)11-5-3-4-9-6-7-10-8-14-15-13(10)12(9)11/h3-8H,1-2H3,(H,14,15). The Morgan fingerprint density at radius 3 is 2.69 bits per heavy atom. The molecule has 0 aliphatic rings. The maximum atomic E-state index is 4.11. The molecule has 0 aliphatic carbocycles. The molecule has 0 unspecified atom stereocenters. The van der Waals surface area contributed by atoms with Crippen molar-refractivity contribution in [2.75, 3.05) is 19.0 Å². The molecule has 2 aromatic carbocycles. The number of aromatic amines is 1. The predicted octanol–water partition coefficient (Wildman–Crippen LogP) is 2.78. The molecule has 0 spiro atoms. The van der Waals surface area contributed by atoms with Crippen molar-refractivity contribution in [2.45, 2.75) is 0 Å². The number of nitrogens with one attached hydrogen (secondary N) is 1. The van der Waals surface area contributed by atoms with Gasteiger partial charge in [0.1, 0.15) is 0 Å². The summed E-state index contributed by atoms with van der Waals surface area (Å²) in [6.45, 7) is 0. The second-order valence-corrected chi connectivity index (χ2v) is 4.17. The van der Waals surface area contributed by atoms with Crippen LogP contribution in [0.1, 0.15) is 0 Å². The van der Waals surface area contributed by atoms with E-state index in [1.54, 1.807) is 0 Å². The van der Waals surface area contributed by atoms with Gasteiger partial charge in [0.05, 0.1) is 11.7 Å². The minimum absolute atomic E-state index is 1.11. The van der Waals surface area contributed by atoms with Gasteiger partial charge in [-0.05, 0) is 11.5 Å². The van der Waals surface area contributed by atoms with Crippen LogP contribution in [0.2, 0.25) is 0 Å². The molecule has 0 atom stereocenters. The zero-order chi connectivity index (χ0) is 11.1. The van der Waals surface area contributed by atoms with Crippen LogP contribution in [0, 0.1) is 0 Å². The predicted molar refractivity (Wildman–Crippen MR) is 67.9 cm³/mol.